The number of benzene rings is 1. The average molecular weight is 429 g/mol. The summed E-state index contributed by atoms with van der Waals surface area (Å²) in [5.74, 6) is 1.48. The summed E-state index contributed by atoms with van der Waals surface area (Å²) >= 11 is 1.84. The molecule has 1 aromatic heterocycles. The smallest absolute Gasteiger partial charge is 0.258 e. The Morgan fingerprint density at radius 1 is 1.23 bits per heavy atom. The molecule has 1 fully saturated rings. The fraction of sp³-hybridized carbons (Fsp3) is 0.478. The topological polar surface area (TPSA) is 74.8 Å². The minimum Gasteiger partial charge on any atom is -0.484 e. The van der Waals surface area contributed by atoms with E-state index in [1.165, 1.54) is 15.3 Å². The van der Waals surface area contributed by atoms with Crippen LogP contribution in [-0.4, -0.2) is 44.1 Å². The third-order valence-corrected chi connectivity index (χ3v) is 5.87. The summed E-state index contributed by atoms with van der Waals surface area (Å²) in [6.07, 6.45) is 4.03. The number of hydrogen-bond donors (Lipinski definition) is 3. The van der Waals surface area contributed by atoms with Gasteiger partial charge in [0.2, 0.25) is 0 Å². The summed E-state index contributed by atoms with van der Waals surface area (Å²) in [7, 11) is 1.79. The third kappa shape index (κ3) is 7.71. The quantitative estimate of drug-likeness (QED) is 0.402. The summed E-state index contributed by atoms with van der Waals surface area (Å²) in [6, 6.07) is 12.9. The van der Waals surface area contributed by atoms with Crippen LogP contribution in [-0.2, 0) is 17.6 Å². The molecule has 0 saturated heterocycles. The van der Waals surface area contributed by atoms with Gasteiger partial charge in [-0.15, -0.1) is 11.3 Å². The standard InChI is InChI=1S/C23H32N4O2S/c1-16(14-21-11-4-17(2)30-21)26-23(24-3)25-13-12-18-5-9-20(10-6-18)29-15-22(28)27-19-7-8-19/h4-6,9-11,16,19H,7-8,12-15H2,1-3H3,(H,27,28)(H2,24,25,26). The monoisotopic (exact) mass is 428 g/mol. The molecule has 1 heterocycles. The lowest BCUT2D eigenvalue weighted by molar-refractivity contribution is -0.123. The van der Waals surface area contributed by atoms with E-state index in [4.69, 9.17) is 4.74 Å². The molecule has 1 aromatic carbocycles. The number of aryl methyl sites for hydroxylation is 1. The van der Waals surface area contributed by atoms with Gasteiger partial charge in [-0.2, -0.15) is 0 Å². The first-order chi connectivity index (χ1) is 14.5. The van der Waals surface area contributed by atoms with E-state index in [1.54, 1.807) is 7.05 Å². The maximum Gasteiger partial charge on any atom is 0.258 e. The maximum absolute atomic E-state index is 11.7. The summed E-state index contributed by atoms with van der Waals surface area (Å²) in [4.78, 5) is 18.7. The minimum absolute atomic E-state index is 0.0481. The number of rotatable bonds is 10. The lowest BCUT2D eigenvalue weighted by atomic mass is 10.1. The van der Waals surface area contributed by atoms with Crippen LogP contribution in [0.5, 0.6) is 5.75 Å². The Hall–Kier alpha value is -2.54. The van der Waals surface area contributed by atoms with Crippen molar-refractivity contribution in [2.45, 2.75) is 51.6 Å². The number of amides is 1. The van der Waals surface area contributed by atoms with Crippen LogP contribution < -0.4 is 20.7 Å². The second-order valence-corrected chi connectivity index (χ2v) is 9.16. The van der Waals surface area contributed by atoms with Gasteiger partial charge in [0, 0.05) is 41.9 Å². The van der Waals surface area contributed by atoms with Crippen LogP contribution in [0.2, 0.25) is 0 Å². The van der Waals surface area contributed by atoms with E-state index in [0.29, 0.717) is 17.8 Å². The number of thiophene rings is 1. The largest absolute Gasteiger partial charge is 0.484 e. The summed E-state index contributed by atoms with van der Waals surface area (Å²) in [5, 5.41) is 9.75. The van der Waals surface area contributed by atoms with E-state index in [2.05, 4.69) is 46.9 Å². The van der Waals surface area contributed by atoms with Gasteiger partial charge in [-0.25, -0.2) is 0 Å². The molecule has 1 unspecified atom stereocenters. The molecule has 6 nitrogen and oxygen atoms in total. The van der Waals surface area contributed by atoms with Crippen LogP contribution in [0.4, 0.5) is 0 Å². The summed E-state index contributed by atoms with van der Waals surface area (Å²) in [6.45, 7) is 5.17. The van der Waals surface area contributed by atoms with Gasteiger partial charge in [-0.1, -0.05) is 12.1 Å². The normalized spacial score (nSPS) is 14.8. The van der Waals surface area contributed by atoms with Gasteiger partial charge < -0.3 is 20.7 Å². The number of guanidine groups is 1. The lowest BCUT2D eigenvalue weighted by Crippen LogP contribution is -2.43. The van der Waals surface area contributed by atoms with Gasteiger partial charge in [-0.05, 0) is 62.9 Å². The van der Waals surface area contributed by atoms with Gasteiger partial charge in [0.05, 0.1) is 0 Å². The number of carbonyl (C=O) groups is 1. The van der Waals surface area contributed by atoms with Crippen molar-refractivity contribution >= 4 is 23.2 Å². The SMILES string of the molecule is CN=C(NCCc1ccc(OCC(=O)NC2CC2)cc1)NC(C)Cc1ccc(C)s1. The molecule has 0 aliphatic heterocycles. The molecule has 1 amide bonds. The predicted molar refractivity (Wildman–Crippen MR) is 124 cm³/mol. The van der Waals surface area contributed by atoms with Crippen molar-refractivity contribution in [3.05, 3.63) is 51.7 Å². The Kier molecular flexibility index (Phi) is 8.13. The van der Waals surface area contributed by atoms with Crippen molar-refractivity contribution in [1.82, 2.24) is 16.0 Å². The third-order valence-electron chi connectivity index (χ3n) is 4.85. The molecule has 30 heavy (non-hydrogen) atoms. The number of aliphatic imine (C=N–C) groups is 1. The zero-order valence-corrected chi connectivity index (χ0v) is 18.8. The van der Waals surface area contributed by atoms with E-state index in [9.17, 15) is 4.79 Å². The predicted octanol–water partition coefficient (Wildman–Crippen LogP) is 3.05. The van der Waals surface area contributed by atoms with Crippen LogP contribution in [0.1, 0.15) is 35.1 Å². The fourth-order valence-corrected chi connectivity index (χ4v) is 4.12. The van der Waals surface area contributed by atoms with Crippen molar-refractivity contribution < 1.29 is 9.53 Å². The Bertz CT molecular complexity index is 843. The molecule has 0 radical (unpaired) electrons. The van der Waals surface area contributed by atoms with Crippen molar-refractivity contribution in [3.8, 4) is 5.75 Å². The summed E-state index contributed by atoms with van der Waals surface area (Å²) < 4.78 is 5.55. The first kappa shape index (κ1) is 22.2. The first-order valence-electron chi connectivity index (χ1n) is 10.6. The first-order valence-corrected chi connectivity index (χ1v) is 11.4. The molecule has 1 atom stereocenters. The molecule has 3 N–H and O–H groups in total. The number of carbonyl (C=O) groups excluding carboxylic acids is 1. The number of hydrogen-bond acceptors (Lipinski definition) is 4. The number of nitrogens with one attached hydrogen (secondary N) is 3. The van der Waals surface area contributed by atoms with E-state index in [1.807, 2.05) is 35.6 Å². The average Bonchev–Trinajstić information content (AvgIpc) is 3.45. The van der Waals surface area contributed by atoms with Crippen LogP contribution in [0, 0.1) is 6.92 Å². The summed E-state index contributed by atoms with van der Waals surface area (Å²) in [5.41, 5.74) is 1.20. The van der Waals surface area contributed by atoms with Crippen LogP contribution in [0.15, 0.2) is 41.4 Å². The Morgan fingerprint density at radius 2 is 2.00 bits per heavy atom. The number of nitrogens with zero attached hydrogens (tertiary/aromatic N) is 1. The lowest BCUT2D eigenvalue weighted by Gasteiger charge is -2.17. The second kappa shape index (κ2) is 11.0. The zero-order valence-electron chi connectivity index (χ0n) is 18.0. The molecule has 0 spiro atoms. The molecular weight excluding hydrogens is 396 g/mol. The second-order valence-electron chi connectivity index (χ2n) is 7.79. The molecular formula is C23H32N4O2S. The zero-order chi connectivity index (χ0) is 21.3. The molecule has 1 aliphatic rings. The van der Waals surface area contributed by atoms with Gasteiger partial charge in [0.1, 0.15) is 5.75 Å². The molecule has 162 valence electrons. The van der Waals surface area contributed by atoms with Gasteiger partial charge in [-0.3, -0.25) is 9.79 Å². The molecule has 1 aliphatic carbocycles. The van der Waals surface area contributed by atoms with Crippen molar-refractivity contribution in [1.29, 1.82) is 0 Å². The van der Waals surface area contributed by atoms with Crippen LogP contribution >= 0.6 is 11.3 Å². The fourth-order valence-electron chi connectivity index (χ4n) is 3.10. The molecule has 1 saturated carbocycles. The van der Waals surface area contributed by atoms with E-state index in [-0.39, 0.29) is 12.5 Å². The molecule has 3 rings (SSSR count). The highest BCUT2D eigenvalue weighted by atomic mass is 32.1. The number of ether oxygens (including phenoxy) is 1. The highest BCUT2D eigenvalue weighted by molar-refractivity contribution is 7.11. The Labute approximate surface area is 183 Å². The van der Waals surface area contributed by atoms with Crippen LogP contribution in [0.3, 0.4) is 0 Å². The van der Waals surface area contributed by atoms with Crippen LogP contribution in [0.25, 0.3) is 0 Å². The minimum atomic E-state index is -0.0481. The van der Waals surface area contributed by atoms with Crippen molar-refractivity contribution in [2.24, 2.45) is 4.99 Å². The van der Waals surface area contributed by atoms with E-state index >= 15 is 0 Å². The van der Waals surface area contributed by atoms with Crippen molar-refractivity contribution in [2.75, 3.05) is 20.2 Å². The molecule has 2 aromatic rings. The van der Waals surface area contributed by atoms with Gasteiger partial charge in [0.15, 0.2) is 12.6 Å². The van der Waals surface area contributed by atoms with Gasteiger partial charge >= 0.3 is 0 Å². The maximum atomic E-state index is 11.7. The Morgan fingerprint density at radius 3 is 2.63 bits per heavy atom. The highest BCUT2D eigenvalue weighted by Gasteiger charge is 2.23. The molecule has 7 heteroatoms. The van der Waals surface area contributed by atoms with Gasteiger partial charge in [0.25, 0.3) is 5.91 Å². The van der Waals surface area contributed by atoms with E-state index in [0.717, 1.165) is 38.2 Å². The Balaban J connectivity index is 1.35. The highest BCUT2D eigenvalue weighted by Crippen LogP contribution is 2.19. The van der Waals surface area contributed by atoms with E-state index < -0.39 is 0 Å². The van der Waals surface area contributed by atoms with Crippen molar-refractivity contribution in [3.63, 3.8) is 0 Å². The molecule has 0 bridgehead atoms.